The molecule has 0 N–H and O–H groups in total. The number of rotatable bonds is 8. The molecule has 4 nitrogen and oxygen atoms in total. The van der Waals surface area contributed by atoms with Crippen LogP contribution in [-0.4, -0.2) is 42.4 Å². The molecule has 2 atom stereocenters. The van der Waals surface area contributed by atoms with Crippen molar-refractivity contribution in [2.24, 2.45) is 7.05 Å². The van der Waals surface area contributed by atoms with Crippen LogP contribution in [0.1, 0.15) is 53.6 Å². The minimum atomic E-state index is 0. The van der Waals surface area contributed by atoms with Crippen LogP contribution >= 0.6 is 0 Å². The molecule has 0 bridgehead atoms. The van der Waals surface area contributed by atoms with Crippen molar-refractivity contribution in [3.8, 4) is 11.4 Å². The zero-order valence-electron chi connectivity index (χ0n) is 29.0. The Hall–Kier alpha value is -2.98. The van der Waals surface area contributed by atoms with E-state index in [1.54, 1.807) is 0 Å². The largest absolute Gasteiger partial charge is 2.00 e. The second kappa shape index (κ2) is 16.0. The molecule has 0 saturated heterocycles. The van der Waals surface area contributed by atoms with Gasteiger partial charge in [-0.1, -0.05) is 131 Å². The molecule has 0 aliphatic rings. The van der Waals surface area contributed by atoms with Crippen LogP contribution in [0, 0.1) is 41.5 Å². The maximum Gasteiger partial charge on any atom is 2.00 e. The molecule has 238 valence electrons. The van der Waals surface area contributed by atoms with Crippen molar-refractivity contribution < 1.29 is 21.1 Å². The van der Waals surface area contributed by atoms with Crippen molar-refractivity contribution in [3.63, 3.8) is 0 Å². The monoisotopic (exact) mass is 779 g/mol. The third kappa shape index (κ3) is 8.44. The van der Waals surface area contributed by atoms with E-state index in [1.807, 2.05) is 20.2 Å². The summed E-state index contributed by atoms with van der Waals surface area (Å²) in [5.74, 6) is 1.000. The van der Waals surface area contributed by atoms with Gasteiger partial charge >= 0.3 is 21.1 Å². The molecule has 5 rings (SSSR count). The van der Waals surface area contributed by atoms with Gasteiger partial charge in [0.1, 0.15) is 5.82 Å². The van der Waals surface area contributed by atoms with Crippen molar-refractivity contribution in [3.05, 3.63) is 117 Å². The first-order valence-electron chi connectivity index (χ1n) is 15.8. The van der Waals surface area contributed by atoms with Gasteiger partial charge in [0.15, 0.2) is 0 Å². The number of aromatic nitrogens is 2. The van der Waals surface area contributed by atoms with Crippen LogP contribution < -0.4 is 16.4 Å². The first-order chi connectivity index (χ1) is 20.9. The normalized spacial score (nSPS) is 12.2. The summed E-state index contributed by atoms with van der Waals surface area (Å²) in [5.41, 5.74) is 15.5. The molecule has 0 fully saturated rings. The first kappa shape index (κ1) is 36.5. The molecule has 5 aromatic rings. The van der Waals surface area contributed by atoms with Gasteiger partial charge in [0.25, 0.3) is 0 Å². The zero-order chi connectivity index (χ0) is 32.1. The number of imidazole rings is 1. The van der Waals surface area contributed by atoms with E-state index in [4.69, 9.17) is 4.98 Å². The predicted molar refractivity (Wildman–Crippen MR) is 194 cm³/mol. The Balaban J connectivity index is 0.000000484. The van der Waals surface area contributed by atoms with Gasteiger partial charge in [0.05, 0.1) is 11.0 Å². The second-order valence-electron chi connectivity index (χ2n) is 12.6. The first-order valence-corrected chi connectivity index (χ1v) is 15.8. The molecule has 4 aromatic carbocycles. The van der Waals surface area contributed by atoms with Crippen molar-refractivity contribution in [1.29, 1.82) is 0 Å². The topological polar surface area (TPSA) is 46.0 Å². The quantitative estimate of drug-likeness (QED) is 0.149. The predicted octanol–water partition coefficient (Wildman–Crippen LogP) is 7.77. The Kier molecular flexibility index (Phi) is 13.0. The molecular formula is C39H49BN4Pt. The molecule has 1 aromatic heterocycles. The number of nitrogens with zero attached hydrogens (tertiary/aromatic N) is 4. The number of aryl methyl sites for hydroxylation is 7. The molecule has 6 heteroatoms. The summed E-state index contributed by atoms with van der Waals surface area (Å²) in [7, 11) is 5.81. The van der Waals surface area contributed by atoms with E-state index in [0.29, 0.717) is 12.1 Å². The van der Waals surface area contributed by atoms with Crippen LogP contribution in [0.2, 0.25) is 0 Å². The number of hydrogen-bond donors (Lipinski definition) is 0. The molecule has 0 aliphatic heterocycles. The third-order valence-corrected chi connectivity index (χ3v) is 8.91. The summed E-state index contributed by atoms with van der Waals surface area (Å²) >= 11 is 0. The van der Waals surface area contributed by atoms with Gasteiger partial charge in [-0.15, -0.1) is 12.1 Å². The zero-order valence-corrected chi connectivity index (χ0v) is 31.2. The van der Waals surface area contributed by atoms with E-state index in [2.05, 4.69) is 144 Å². The van der Waals surface area contributed by atoms with Crippen LogP contribution in [-0.2, 0) is 28.1 Å². The Bertz CT molecular complexity index is 1610. The molecular weight excluding hydrogens is 730 g/mol. The standard InChI is InChI=1S/C32H33BN2.C7H16N2.Pt/c1-20-16-22(3)30(23(4)17-20)33(31-24(5)18-21(2)19-25(31)6)27-14-12-26(13-15-27)32-34-28-10-8-9-11-29(28)35(32)7;1-6(8-3)5-7(2)9-4;/h8-19H,1-7H3;6-7H,5H2,1-4H3;/q;-2;+2. The van der Waals surface area contributed by atoms with Crippen LogP contribution in [0.25, 0.3) is 33.1 Å². The fraction of sp³-hybridized carbons (Fsp3) is 0.359. The van der Waals surface area contributed by atoms with Crippen LogP contribution in [0.15, 0.2) is 72.8 Å². The van der Waals surface area contributed by atoms with Crippen LogP contribution in [0.3, 0.4) is 0 Å². The fourth-order valence-corrected chi connectivity index (χ4v) is 6.70. The average molecular weight is 780 g/mol. The van der Waals surface area contributed by atoms with Gasteiger partial charge in [0, 0.05) is 12.6 Å². The van der Waals surface area contributed by atoms with Crippen molar-refractivity contribution in [2.75, 3.05) is 14.1 Å². The van der Waals surface area contributed by atoms with E-state index in [1.165, 1.54) is 49.8 Å². The van der Waals surface area contributed by atoms with Gasteiger partial charge in [-0.3, -0.25) is 0 Å². The summed E-state index contributed by atoms with van der Waals surface area (Å²) in [6.07, 6.45) is 1.08. The minimum absolute atomic E-state index is 0. The van der Waals surface area contributed by atoms with E-state index >= 15 is 0 Å². The summed E-state index contributed by atoms with van der Waals surface area (Å²) in [4.78, 5) is 4.91. The fourth-order valence-electron chi connectivity index (χ4n) is 6.70. The van der Waals surface area contributed by atoms with Gasteiger partial charge in [0.2, 0.25) is 6.71 Å². The van der Waals surface area contributed by atoms with Gasteiger partial charge in [-0.2, -0.15) is 14.1 Å². The molecule has 2 unspecified atom stereocenters. The van der Waals surface area contributed by atoms with Crippen molar-refractivity contribution in [1.82, 2.24) is 9.55 Å². The van der Waals surface area contributed by atoms with E-state index < -0.39 is 0 Å². The van der Waals surface area contributed by atoms with Gasteiger partial charge < -0.3 is 15.2 Å². The van der Waals surface area contributed by atoms with Crippen LogP contribution in [0.4, 0.5) is 0 Å². The Morgan fingerprint density at radius 3 is 1.56 bits per heavy atom. The molecule has 45 heavy (non-hydrogen) atoms. The Morgan fingerprint density at radius 2 is 1.13 bits per heavy atom. The third-order valence-electron chi connectivity index (χ3n) is 8.91. The minimum Gasteiger partial charge on any atom is -0.663 e. The Morgan fingerprint density at radius 1 is 0.689 bits per heavy atom. The molecule has 0 spiro atoms. The SMILES string of the molecule is C[N-]C(C)CC(C)[N-]C.Cc1cc(C)c(B(c2ccc(-c3nc4ccccc4n3C)cc2)c2c(C)cc(C)cc2C)c(C)c1.[Pt+2]. The summed E-state index contributed by atoms with van der Waals surface area (Å²) in [6, 6.07) is 27.6. The van der Waals surface area contributed by atoms with Crippen molar-refractivity contribution >= 4 is 34.1 Å². The second-order valence-corrected chi connectivity index (χ2v) is 12.6. The average Bonchev–Trinajstić information content (AvgIpc) is 3.32. The van der Waals surface area contributed by atoms with E-state index in [9.17, 15) is 0 Å². The molecule has 0 saturated carbocycles. The van der Waals surface area contributed by atoms with Crippen LogP contribution in [0.5, 0.6) is 0 Å². The number of hydrogen-bond acceptors (Lipinski definition) is 1. The maximum absolute atomic E-state index is 4.91. The molecule has 0 amide bonds. The smallest absolute Gasteiger partial charge is 0.663 e. The molecule has 0 aliphatic carbocycles. The number of para-hydroxylation sites is 2. The molecule has 1 heterocycles. The summed E-state index contributed by atoms with van der Waals surface area (Å²) in [6.45, 7) is 17.8. The van der Waals surface area contributed by atoms with E-state index in [0.717, 1.165) is 28.8 Å². The summed E-state index contributed by atoms with van der Waals surface area (Å²) in [5, 5.41) is 8.23. The number of fused-ring (bicyclic) bond motifs is 1. The maximum atomic E-state index is 4.91. The van der Waals surface area contributed by atoms with Crippen molar-refractivity contribution in [2.45, 2.75) is 73.9 Å². The van der Waals surface area contributed by atoms with Gasteiger partial charge in [-0.05, 0) is 53.7 Å². The summed E-state index contributed by atoms with van der Waals surface area (Å²) < 4.78 is 2.18. The Labute approximate surface area is 286 Å². The molecule has 0 radical (unpaired) electrons. The van der Waals surface area contributed by atoms with Gasteiger partial charge in [-0.25, -0.2) is 4.98 Å². The van der Waals surface area contributed by atoms with E-state index in [-0.39, 0.29) is 27.8 Å². The number of benzene rings is 4.